The van der Waals surface area contributed by atoms with E-state index in [1.54, 1.807) is 33.5 Å². The molecule has 0 fully saturated rings. The second-order valence-corrected chi connectivity index (χ2v) is 7.18. The monoisotopic (exact) mass is 417 g/mol. The van der Waals surface area contributed by atoms with Crippen LogP contribution in [-0.2, 0) is 11.3 Å². The molecule has 10 heteroatoms. The van der Waals surface area contributed by atoms with Gasteiger partial charge in [0, 0.05) is 29.6 Å². The minimum absolute atomic E-state index is 0.138. The predicted molar refractivity (Wildman–Crippen MR) is 109 cm³/mol. The van der Waals surface area contributed by atoms with Gasteiger partial charge in [-0.15, -0.1) is 10.2 Å². The molecule has 0 radical (unpaired) electrons. The first-order valence-electron chi connectivity index (χ1n) is 8.84. The van der Waals surface area contributed by atoms with Crippen molar-refractivity contribution in [1.29, 1.82) is 0 Å². The first-order chi connectivity index (χ1) is 14.0. The van der Waals surface area contributed by atoms with E-state index in [0.717, 1.165) is 17.0 Å². The van der Waals surface area contributed by atoms with Crippen LogP contribution in [0.25, 0.3) is 5.78 Å². The van der Waals surface area contributed by atoms with Crippen LogP contribution in [-0.4, -0.2) is 52.6 Å². The maximum absolute atomic E-state index is 12.4. The lowest BCUT2D eigenvalue weighted by atomic mass is 10.1. The summed E-state index contributed by atoms with van der Waals surface area (Å²) in [6.07, 6.45) is 0. The lowest BCUT2D eigenvalue weighted by molar-refractivity contribution is -0.118. The summed E-state index contributed by atoms with van der Waals surface area (Å²) >= 11 is 1.30. The smallest absolute Gasteiger partial charge is 0.256 e. The van der Waals surface area contributed by atoms with Crippen molar-refractivity contribution >= 4 is 23.4 Å². The predicted octanol–water partition coefficient (Wildman–Crippen LogP) is 2.18. The number of aromatic nitrogens is 4. The van der Waals surface area contributed by atoms with Crippen LogP contribution in [0, 0.1) is 13.8 Å². The zero-order valence-corrected chi connectivity index (χ0v) is 17.8. The van der Waals surface area contributed by atoms with Crippen LogP contribution in [0.3, 0.4) is 0 Å². The molecule has 0 spiro atoms. The molecule has 0 aliphatic carbocycles. The lowest BCUT2D eigenvalue weighted by Gasteiger charge is -2.14. The van der Waals surface area contributed by atoms with Crippen LogP contribution in [0.5, 0.6) is 17.2 Å². The maximum Gasteiger partial charge on any atom is 0.256 e. The highest BCUT2D eigenvalue weighted by Gasteiger charge is 2.15. The van der Waals surface area contributed by atoms with Crippen molar-refractivity contribution in [3.05, 3.63) is 35.2 Å². The first kappa shape index (κ1) is 20.7. The Bertz CT molecular complexity index is 1040. The Labute approximate surface area is 172 Å². The van der Waals surface area contributed by atoms with Gasteiger partial charge < -0.3 is 19.5 Å². The molecule has 29 heavy (non-hydrogen) atoms. The number of rotatable bonds is 8. The van der Waals surface area contributed by atoms with Gasteiger partial charge in [-0.2, -0.15) is 0 Å². The van der Waals surface area contributed by atoms with E-state index in [0.29, 0.717) is 34.7 Å². The number of thioether (sulfide) groups is 1. The Kier molecular flexibility index (Phi) is 6.42. The summed E-state index contributed by atoms with van der Waals surface area (Å²) in [6, 6.07) is 5.47. The number of benzene rings is 1. The fourth-order valence-electron chi connectivity index (χ4n) is 2.90. The van der Waals surface area contributed by atoms with Gasteiger partial charge in [0.05, 0.1) is 27.1 Å². The highest BCUT2D eigenvalue weighted by atomic mass is 32.2. The van der Waals surface area contributed by atoms with Gasteiger partial charge in [-0.1, -0.05) is 11.8 Å². The van der Waals surface area contributed by atoms with Crippen LogP contribution in [0.4, 0.5) is 0 Å². The maximum atomic E-state index is 12.4. The lowest BCUT2D eigenvalue weighted by Crippen LogP contribution is -2.25. The second kappa shape index (κ2) is 8.99. The van der Waals surface area contributed by atoms with Crippen LogP contribution in [0.15, 0.2) is 23.4 Å². The van der Waals surface area contributed by atoms with Crippen molar-refractivity contribution < 1.29 is 19.0 Å². The molecule has 0 atom stereocenters. The average molecular weight is 417 g/mol. The molecule has 1 amide bonds. The third-order valence-electron chi connectivity index (χ3n) is 4.26. The molecule has 0 saturated carbocycles. The third kappa shape index (κ3) is 4.53. The Balaban J connectivity index is 1.65. The molecule has 0 aliphatic heterocycles. The molecule has 1 aromatic carbocycles. The van der Waals surface area contributed by atoms with E-state index in [4.69, 9.17) is 14.2 Å². The van der Waals surface area contributed by atoms with Gasteiger partial charge in [0.25, 0.3) is 5.78 Å². The normalized spacial score (nSPS) is 10.8. The Hall–Kier alpha value is -3.01. The van der Waals surface area contributed by atoms with Crippen molar-refractivity contribution in [3.63, 3.8) is 0 Å². The van der Waals surface area contributed by atoms with E-state index in [1.807, 2.05) is 24.3 Å². The molecule has 0 aliphatic rings. The Morgan fingerprint density at radius 1 is 1.03 bits per heavy atom. The fraction of sp³-hybridized carbons (Fsp3) is 0.368. The van der Waals surface area contributed by atoms with Crippen LogP contribution in [0.1, 0.15) is 17.0 Å². The average Bonchev–Trinajstić information content (AvgIpc) is 3.12. The van der Waals surface area contributed by atoms with E-state index in [2.05, 4.69) is 20.5 Å². The van der Waals surface area contributed by atoms with E-state index in [1.165, 1.54) is 11.8 Å². The molecule has 2 heterocycles. The van der Waals surface area contributed by atoms with Crippen molar-refractivity contribution in [2.24, 2.45) is 0 Å². The third-order valence-corrected chi connectivity index (χ3v) is 5.19. The van der Waals surface area contributed by atoms with Crippen molar-refractivity contribution in [2.45, 2.75) is 25.5 Å². The van der Waals surface area contributed by atoms with E-state index in [-0.39, 0.29) is 11.7 Å². The zero-order valence-electron chi connectivity index (χ0n) is 17.0. The van der Waals surface area contributed by atoms with Gasteiger partial charge in [0.1, 0.15) is 5.75 Å². The van der Waals surface area contributed by atoms with Gasteiger partial charge in [0.15, 0.2) is 16.7 Å². The van der Waals surface area contributed by atoms with Crippen molar-refractivity contribution in [2.75, 3.05) is 27.1 Å². The molecule has 9 nitrogen and oxygen atoms in total. The minimum atomic E-state index is -0.138. The van der Waals surface area contributed by atoms with Crippen LogP contribution < -0.4 is 19.5 Å². The number of aryl methyl sites for hydroxylation is 2. The summed E-state index contributed by atoms with van der Waals surface area (Å²) in [5.74, 6) is 2.33. The SMILES string of the molecule is COc1cc(OC)c(OC)cc1CNC(=O)CSc1nnc2nc(C)cc(C)n12. The summed E-state index contributed by atoms with van der Waals surface area (Å²) in [7, 11) is 4.68. The minimum Gasteiger partial charge on any atom is -0.496 e. The number of carbonyl (C=O) groups excluding carboxylic acids is 1. The molecular formula is C19H23N5O4S. The quantitative estimate of drug-likeness (QED) is 0.557. The van der Waals surface area contributed by atoms with Crippen LogP contribution in [0.2, 0.25) is 0 Å². The van der Waals surface area contributed by atoms with Gasteiger partial charge >= 0.3 is 0 Å². The van der Waals surface area contributed by atoms with Gasteiger partial charge in [-0.05, 0) is 26.0 Å². The number of methoxy groups -OCH3 is 3. The number of fused-ring (bicyclic) bond motifs is 1. The summed E-state index contributed by atoms with van der Waals surface area (Å²) in [5.41, 5.74) is 2.63. The van der Waals surface area contributed by atoms with Crippen LogP contribution >= 0.6 is 11.8 Å². The molecule has 0 saturated heterocycles. The van der Waals surface area contributed by atoms with Crippen molar-refractivity contribution in [1.82, 2.24) is 24.9 Å². The fourth-order valence-corrected chi connectivity index (χ4v) is 3.71. The molecule has 1 N–H and O–H groups in total. The summed E-state index contributed by atoms with van der Waals surface area (Å²) in [6.45, 7) is 4.16. The topological polar surface area (TPSA) is 99.9 Å². The molecule has 2 aromatic heterocycles. The number of nitrogens with zero attached hydrogens (tertiary/aromatic N) is 4. The second-order valence-electron chi connectivity index (χ2n) is 6.24. The van der Waals surface area contributed by atoms with Gasteiger partial charge in [-0.25, -0.2) is 4.98 Å². The standard InChI is InChI=1S/C19H23N5O4S/c1-11-6-12(2)24-18(21-11)22-23-19(24)29-10-17(25)20-9-13-7-15(27-4)16(28-5)8-14(13)26-3/h6-8H,9-10H2,1-5H3,(H,20,25). The number of hydrogen-bond acceptors (Lipinski definition) is 8. The summed E-state index contributed by atoms with van der Waals surface area (Å²) in [4.78, 5) is 16.7. The molecular weight excluding hydrogens is 394 g/mol. The summed E-state index contributed by atoms with van der Waals surface area (Å²) in [5, 5.41) is 11.7. The zero-order chi connectivity index (χ0) is 21.0. The summed E-state index contributed by atoms with van der Waals surface area (Å²) < 4.78 is 17.8. The molecule has 3 aromatic rings. The van der Waals surface area contributed by atoms with E-state index >= 15 is 0 Å². The van der Waals surface area contributed by atoms with Gasteiger partial charge in [0.2, 0.25) is 5.91 Å². The number of hydrogen-bond donors (Lipinski definition) is 1. The Morgan fingerprint density at radius 2 is 1.72 bits per heavy atom. The molecule has 3 rings (SSSR count). The van der Waals surface area contributed by atoms with Gasteiger partial charge in [-0.3, -0.25) is 9.20 Å². The number of nitrogens with one attached hydrogen (secondary N) is 1. The Morgan fingerprint density at radius 3 is 2.41 bits per heavy atom. The van der Waals surface area contributed by atoms with E-state index < -0.39 is 0 Å². The number of carbonyl (C=O) groups is 1. The van der Waals surface area contributed by atoms with Crippen molar-refractivity contribution in [3.8, 4) is 17.2 Å². The largest absolute Gasteiger partial charge is 0.496 e. The highest BCUT2D eigenvalue weighted by molar-refractivity contribution is 7.99. The number of amides is 1. The molecule has 154 valence electrons. The highest BCUT2D eigenvalue weighted by Crippen LogP contribution is 2.34. The molecule has 0 unspecified atom stereocenters. The first-order valence-corrected chi connectivity index (χ1v) is 9.83. The van der Waals surface area contributed by atoms with E-state index in [9.17, 15) is 4.79 Å². The molecule has 0 bridgehead atoms. The number of ether oxygens (including phenoxy) is 3.